The number of ether oxygens (including phenoxy) is 2. The molecule has 3 N–H and O–H groups in total. The molecule has 0 aromatic carbocycles. The summed E-state index contributed by atoms with van der Waals surface area (Å²) in [5, 5.41) is 0. The molecule has 0 amide bonds. The van der Waals surface area contributed by atoms with Crippen LogP contribution in [0.5, 0.6) is 0 Å². The number of imidazole rings is 1. The Balaban J connectivity index is 0.000000198. The van der Waals surface area contributed by atoms with Gasteiger partial charge in [-0.1, -0.05) is 13.8 Å². The fraction of sp³-hybridized carbons (Fsp3) is 0.667. The Hall–Kier alpha value is -1.73. The second-order valence-corrected chi connectivity index (χ2v) is 4.88. The van der Waals surface area contributed by atoms with E-state index < -0.39 is 0 Å². The van der Waals surface area contributed by atoms with E-state index in [2.05, 4.69) is 33.8 Å². The second kappa shape index (κ2) is 10.1. The minimum absolute atomic E-state index is 0.337. The molecule has 0 spiro atoms. The number of H-pyrrole nitrogens is 1. The first kappa shape index (κ1) is 18.3. The molecule has 1 saturated heterocycles. The van der Waals surface area contributed by atoms with E-state index in [4.69, 9.17) is 15.2 Å². The van der Waals surface area contributed by atoms with Crippen LogP contribution in [-0.4, -0.2) is 45.4 Å². The van der Waals surface area contributed by atoms with Gasteiger partial charge in [0.2, 0.25) is 0 Å². The highest BCUT2D eigenvalue weighted by Gasteiger charge is 2.15. The molecule has 2 aromatic heterocycles. The van der Waals surface area contributed by atoms with Gasteiger partial charge in [-0.3, -0.25) is 0 Å². The zero-order chi connectivity index (χ0) is 16.4. The number of hydrogen-bond acceptors (Lipinski definition) is 6. The molecule has 124 valence electrons. The smallest absolute Gasteiger partial charge is 0.182 e. The first-order chi connectivity index (χ1) is 10.7. The monoisotopic (exact) mass is 309 g/mol. The molecule has 1 aliphatic heterocycles. The van der Waals surface area contributed by atoms with Gasteiger partial charge in [0.25, 0.3) is 0 Å². The normalized spacial score (nSPS) is 16.9. The van der Waals surface area contributed by atoms with Crippen molar-refractivity contribution in [3.05, 3.63) is 12.7 Å². The fourth-order valence-corrected chi connectivity index (χ4v) is 1.86. The van der Waals surface area contributed by atoms with E-state index in [0.29, 0.717) is 29.2 Å². The van der Waals surface area contributed by atoms with Gasteiger partial charge in [0, 0.05) is 6.61 Å². The molecule has 22 heavy (non-hydrogen) atoms. The largest absolute Gasteiger partial charge is 0.382 e. The lowest BCUT2D eigenvalue weighted by Crippen LogP contribution is -2.17. The van der Waals surface area contributed by atoms with Gasteiger partial charge in [0.15, 0.2) is 11.5 Å². The van der Waals surface area contributed by atoms with Gasteiger partial charge in [0.05, 0.1) is 25.1 Å². The van der Waals surface area contributed by atoms with Crippen molar-refractivity contribution in [2.24, 2.45) is 0 Å². The van der Waals surface area contributed by atoms with Crippen LogP contribution in [0.2, 0.25) is 0 Å². The van der Waals surface area contributed by atoms with Gasteiger partial charge in [0.1, 0.15) is 11.8 Å². The lowest BCUT2D eigenvalue weighted by molar-refractivity contribution is -0.00761. The lowest BCUT2D eigenvalue weighted by atomic mass is 10.2. The molecule has 1 fully saturated rings. The molecule has 0 saturated carbocycles. The maximum Gasteiger partial charge on any atom is 0.182 e. The fourth-order valence-electron chi connectivity index (χ4n) is 1.86. The third-order valence-electron chi connectivity index (χ3n) is 2.89. The van der Waals surface area contributed by atoms with E-state index in [1.807, 2.05) is 13.8 Å². The molecule has 3 rings (SSSR count). The summed E-state index contributed by atoms with van der Waals surface area (Å²) in [6.45, 7) is 9.80. The number of aromatic nitrogens is 4. The zero-order valence-corrected chi connectivity index (χ0v) is 13.9. The number of nitrogens with zero attached hydrogens (tertiary/aromatic N) is 3. The molecule has 7 heteroatoms. The van der Waals surface area contributed by atoms with Crippen molar-refractivity contribution in [2.45, 2.75) is 52.7 Å². The third kappa shape index (κ3) is 5.95. The van der Waals surface area contributed by atoms with Crippen LogP contribution in [0.3, 0.4) is 0 Å². The van der Waals surface area contributed by atoms with Crippen LogP contribution >= 0.6 is 0 Å². The van der Waals surface area contributed by atoms with Crippen molar-refractivity contribution in [1.82, 2.24) is 19.9 Å². The second-order valence-electron chi connectivity index (χ2n) is 4.88. The average molecular weight is 309 g/mol. The van der Waals surface area contributed by atoms with E-state index in [1.165, 1.54) is 25.5 Å². The van der Waals surface area contributed by atoms with Crippen molar-refractivity contribution in [3.8, 4) is 0 Å². The summed E-state index contributed by atoms with van der Waals surface area (Å²) in [6, 6.07) is 0. The van der Waals surface area contributed by atoms with Crippen molar-refractivity contribution in [2.75, 3.05) is 18.9 Å². The summed E-state index contributed by atoms with van der Waals surface area (Å²) in [6.07, 6.45) is 6.01. The highest BCUT2D eigenvalue weighted by molar-refractivity contribution is 5.80. The Kier molecular flexibility index (Phi) is 8.39. The Morgan fingerprint density at radius 1 is 1.36 bits per heavy atom. The van der Waals surface area contributed by atoms with Crippen LogP contribution in [0.4, 0.5) is 5.82 Å². The molecule has 0 radical (unpaired) electrons. The number of nitrogens with two attached hydrogens (primary N) is 1. The molecule has 1 unspecified atom stereocenters. The summed E-state index contributed by atoms with van der Waals surface area (Å²) in [5.41, 5.74) is 6.78. The van der Waals surface area contributed by atoms with E-state index >= 15 is 0 Å². The minimum Gasteiger partial charge on any atom is -0.382 e. The quantitative estimate of drug-likeness (QED) is 0.904. The van der Waals surface area contributed by atoms with E-state index in [9.17, 15) is 0 Å². The van der Waals surface area contributed by atoms with Crippen LogP contribution in [0.15, 0.2) is 12.7 Å². The Morgan fingerprint density at radius 2 is 2.14 bits per heavy atom. The highest BCUT2D eigenvalue weighted by atomic mass is 16.5. The number of nitrogens with one attached hydrogen (secondary N) is 1. The molecule has 1 atom stereocenters. The topological polar surface area (TPSA) is 98.9 Å². The maximum atomic E-state index is 5.48. The summed E-state index contributed by atoms with van der Waals surface area (Å²) in [5.74, 6) is 0.433. The number of aromatic amines is 1. The lowest BCUT2D eigenvalue weighted by Gasteiger charge is -2.11. The van der Waals surface area contributed by atoms with Gasteiger partial charge in [-0.05, 0) is 26.7 Å². The molecule has 1 aliphatic rings. The molecule has 2 aromatic rings. The first-order valence-corrected chi connectivity index (χ1v) is 7.79. The maximum absolute atomic E-state index is 5.48. The number of rotatable bonds is 3. The van der Waals surface area contributed by atoms with Gasteiger partial charge >= 0.3 is 0 Å². The number of nitrogen functional groups attached to an aromatic ring is 1. The van der Waals surface area contributed by atoms with Gasteiger partial charge in [-0.2, -0.15) is 0 Å². The SMILES string of the molecule is CC.CC(C)OCC1CCCO1.Nc1ncnc2nc[nH]c12. The Labute approximate surface area is 131 Å². The molecular formula is C15H27N5O2. The molecular weight excluding hydrogens is 282 g/mol. The Morgan fingerprint density at radius 3 is 2.73 bits per heavy atom. The average Bonchev–Trinajstić information content (AvgIpc) is 3.20. The summed E-state index contributed by atoms with van der Waals surface area (Å²) >= 11 is 0. The Bertz CT molecular complexity index is 523. The zero-order valence-electron chi connectivity index (χ0n) is 13.9. The van der Waals surface area contributed by atoms with E-state index in [0.717, 1.165) is 13.2 Å². The molecule has 0 bridgehead atoms. The summed E-state index contributed by atoms with van der Waals surface area (Å²) in [4.78, 5) is 14.4. The third-order valence-corrected chi connectivity index (χ3v) is 2.89. The van der Waals surface area contributed by atoms with Crippen LogP contribution in [0, 0.1) is 0 Å². The van der Waals surface area contributed by atoms with E-state index in [1.54, 1.807) is 0 Å². The molecule has 3 heterocycles. The summed E-state index contributed by atoms with van der Waals surface area (Å²) < 4.78 is 10.8. The van der Waals surface area contributed by atoms with Gasteiger partial charge in [-0.15, -0.1) is 0 Å². The van der Waals surface area contributed by atoms with Crippen molar-refractivity contribution in [3.63, 3.8) is 0 Å². The van der Waals surface area contributed by atoms with Gasteiger partial charge in [-0.25, -0.2) is 15.0 Å². The van der Waals surface area contributed by atoms with Crippen molar-refractivity contribution in [1.29, 1.82) is 0 Å². The predicted octanol–water partition coefficient (Wildman–Crippen LogP) is 2.55. The van der Waals surface area contributed by atoms with Crippen molar-refractivity contribution < 1.29 is 9.47 Å². The standard InChI is InChI=1S/C8H16O2.C5H5N5.C2H6/c1-7(2)10-6-8-4-3-5-9-8;6-4-3-5(9-1-7-3)10-2-8-4;1-2/h7-8H,3-6H2,1-2H3;1-2H,(H3,6,7,8,9,10);1-2H3. The summed E-state index contributed by atoms with van der Waals surface area (Å²) in [7, 11) is 0. The molecule has 0 aliphatic carbocycles. The van der Waals surface area contributed by atoms with Crippen LogP contribution in [0.25, 0.3) is 11.2 Å². The molecule has 7 nitrogen and oxygen atoms in total. The number of anilines is 1. The minimum atomic E-state index is 0.337. The highest BCUT2D eigenvalue weighted by Crippen LogP contribution is 2.12. The number of fused-ring (bicyclic) bond motifs is 1. The predicted molar refractivity (Wildman–Crippen MR) is 87.5 cm³/mol. The first-order valence-electron chi connectivity index (χ1n) is 7.79. The van der Waals surface area contributed by atoms with Gasteiger partial charge < -0.3 is 20.2 Å². The van der Waals surface area contributed by atoms with E-state index in [-0.39, 0.29) is 0 Å². The van der Waals surface area contributed by atoms with Crippen LogP contribution in [0.1, 0.15) is 40.5 Å². The van der Waals surface area contributed by atoms with Crippen LogP contribution < -0.4 is 5.73 Å². The number of hydrogen-bond donors (Lipinski definition) is 2. The van der Waals surface area contributed by atoms with Crippen LogP contribution in [-0.2, 0) is 9.47 Å². The van der Waals surface area contributed by atoms with Crippen molar-refractivity contribution >= 4 is 17.0 Å².